The van der Waals surface area contributed by atoms with Crippen molar-refractivity contribution in [3.05, 3.63) is 0 Å². The molecule has 0 aliphatic heterocycles. The minimum Gasteiger partial charge on any atom is -0.481 e. The summed E-state index contributed by atoms with van der Waals surface area (Å²) in [6.07, 6.45) is 0.206. The van der Waals surface area contributed by atoms with E-state index >= 15 is 0 Å². The molecule has 94 valence electrons. The smallest absolute Gasteiger partial charge is 0.407 e. The van der Waals surface area contributed by atoms with E-state index in [-0.39, 0.29) is 12.3 Å². The second-order valence-electron chi connectivity index (χ2n) is 4.92. The lowest BCUT2D eigenvalue weighted by atomic mass is 10.1. The Bertz CT molecular complexity index is 245. The highest BCUT2D eigenvalue weighted by atomic mass is 16.6. The van der Waals surface area contributed by atoms with Crippen LogP contribution in [0.1, 0.15) is 40.5 Å². The first-order valence-corrected chi connectivity index (χ1v) is 5.39. The first kappa shape index (κ1) is 14.7. The molecule has 1 atom stereocenters. The zero-order valence-corrected chi connectivity index (χ0v) is 10.4. The van der Waals surface area contributed by atoms with E-state index in [0.717, 1.165) is 0 Å². The molecular weight excluding hydrogens is 210 g/mol. The monoisotopic (exact) mass is 231 g/mol. The van der Waals surface area contributed by atoms with E-state index in [1.54, 1.807) is 20.8 Å². The Morgan fingerprint density at radius 2 is 1.94 bits per heavy atom. The van der Waals surface area contributed by atoms with E-state index in [9.17, 15) is 9.59 Å². The van der Waals surface area contributed by atoms with Crippen LogP contribution in [0.4, 0.5) is 4.79 Å². The van der Waals surface area contributed by atoms with Crippen LogP contribution in [-0.4, -0.2) is 29.3 Å². The highest BCUT2D eigenvalue weighted by molar-refractivity contribution is 5.68. The minimum absolute atomic E-state index is 0.122. The zero-order valence-electron chi connectivity index (χ0n) is 10.4. The number of carboxylic acids is 1. The van der Waals surface area contributed by atoms with Crippen molar-refractivity contribution in [2.75, 3.05) is 6.54 Å². The number of ether oxygens (including phenoxy) is 1. The molecule has 0 saturated carbocycles. The average Bonchev–Trinajstić information content (AvgIpc) is 2.08. The van der Waals surface area contributed by atoms with Gasteiger partial charge in [0, 0.05) is 13.0 Å². The van der Waals surface area contributed by atoms with Gasteiger partial charge in [-0.25, -0.2) is 4.79 Å². The number of carbonyl (C=O) groups excluding carboxylic acids is 1. The van der Waals surface area contributed by atoms with Gasteiger partial charge >= 0.3 is 12.1 Å². The Balaban J connectivity index is 3.71. The van der Waals surface area contributed by atoms with Crippen LogP contribution in [0.15, 0.2) is 0 Å². The molecule has 0 aromatic heterocycles. The summed E-state index contributed by atoms with van der Waals surface area (Å²) in [5.41, 5.74) is -0.506. The summed E-state index contributed by atoms with van der Waals surface area (Å²) in [7, 11) is 0. The number of amides is 1. The third-order valence-electron chi connectivity index (χ3n) is 1.84. The van der Waals surface area contributed by atoms with Crippen LogP contribution in [0.25, 0.3) is 0 Å². The molecule has 5 heteroatoms. The molecule has 0 aliphatic rings. The molecule has 5 nitrogen and oxygen atoms in total. The molecule has 0 fully saturated rings. The fraction of sp³-hybridized carbons (Fsp3) is 0.818. The number of carboxylic acid groups (broad SMARTS) is 1. The van der Waals surface area contributed by atoms with Gasteiger partial charge in [0.2, 0.25) is 0 Å². The van der Waals surface area contributed by atoms with Crippen molar-refractivity contribution in [3.8, 4) is 0 Å². The summed E-state index contributed by atoms with van der Waals surface area (Å²) in [5, 5.41) is 11.1. The predicted octanol–water partition coefficient (Wildman–Crippen LogP) is 2.01. The van der Waals surface area contributed by atoms with Crippen LogP contribution >= 0.6 is 0 Å². The molecule has 0 aromatic carbocycles. The Morgan fingerprint density at radius 3 is 2.38 bits per heavy atom. The van der Waals surface area contributed by atoms with Crippen molar-refractivity contribution in [2.45, 2.75) is 46.1 Å². The molecule has 0 saturated heterocycles. The molecule has 0 bridgehead atoms. The van der Waals surface area contributed by atoms with E-state index in [1.165, 1.54) is 0 Å². The summed E-state index contributed by atoms with van der Waals surface area (Å²) < 4.78 is 5.05. The summed E-state index contributed by atoms with van der Waals surface area (Å²) >= 11 is 0. The Kier molecular flexibility index (Phi) is 5.85. The van der Waals surface area contributed by atoms with Crippen molar-refractivity contribution in [1.82, 2.24) is 5.32 Å². The van der Waals surface area contributed by atoms with Gasteiger partial charge in [0.1, 0.15) is 5.60 Å². The molecule has 0 rings (SSSR count). The maximum atomic E-state index is 11.3. The normalized spacial score (nSPS) is 13.0. The van der Waals surface area contributed by atoms with Gasteiger partial charge in [-0.3, -0.25) is 4.79 Å². The lowest BCUT2D eigenvalue weighted by Crippen LogP contribution is -2.34. The number of aliphatic carboxylic acids is 1. The van der Waals surface area contributed by atoms with Crippen molar-refractivity contribution >= 4 is 12.1 Å². The Hall–Kier alpha value is -1.26. The largest absolute Gasteiger partial charge is 0.481 e. The average molecular weight is 231 g/mol. The van der Waals surface area contributed by atoms with Crippen LogP contribution in [-0.2, 0) is 9.53 Å². The highest BCUT2D eigenvalue weighted by Crippen LogP contribution is 2.07. The van der Waals surface area contributed by atoms with Crippen molar-refractivity contribution < 1.29 is 19.4 Å². The SMILES string of the molecule is C[C@H](CCC(=O)O)CNC(=O)OC(C)(C)C. The number of hydrogen-bond acceptors (Lipinski definition) is 3. The quantitative estimate of drug-likeness (QED) is 0.759. The van der Waals surface area contributed by atoms with Gasteiger partial charge in [0.25, 0.3) is 0 Å². The molecule has 0 aliphatic carbocycles. The van der Waals surface area contributed by atoms with Crippen LogP contribution < -0.4 is 5.32 Å². The van der Waals surface area contributed by atoms with Gasteiger partial charge in [-0.2, -0.15) is 0 Å². The fourth-order valence-electron chi connectivity index (χ4n) is 1.04. The molecule has 2 N–H and O–H groups in total. The maximum absolute atomic E-state index is 11.3. The van der Waals surface area contributed by atoms with Crippen LogP contribution in [0.5, 0.6) is 0 Å². The second-order valence-corrected chi connectivity index (χ2v) is 4.92. The summed E-state index contributed by atoms with van der Waals surface area (Å²) in [5.74, 6) is -0.687. The molecular formula is C11H21NO4. The fourth-order valence-corrected chi connectivity index (χ4v) is 1.04. The first-order chi connectivity index (χ1) is 7.20. The zero-order chi connectivity index (χ0) is 12.8. The molecule has 0 aromatic rings. The van der Waals surface area contributed by atoms with E-state index in [1.807, 2.05) is 6.92 Å². The molecule has 0 radical (unpaired) electrons. The topological polar surface area (TPSA) is 75.6 Å². The van der Waals surface area contributed by atoms with E-state index in [2.05, 4.69) is 5.32 Å². The van der Waals surface area contributed by atoms with Gasteiger partial charge in [-0.1, -0.05) is 6.92 Å². The number of nitrogens with one attached hydrogen (secondary N) is 1. The first-order valence-electron chi connectivity index (χ1n) is 5.39. The molecule has 16 heavy (non-hydrogen) atoms. The summed E-state index contributed by atoms with van der Waals surface area (Å²) in [6.45, 7) is 7.70. The lowest BCUT2D eigenvalue weighted by Gasteiger charge is -2.20. The van der Waals surface area contributed by atoms with Gasteiger partial charge in [0.15, 0.2) is 0 Å². The number of rotatable bonds is 5. The summed E-state index contributed by atoms with van der Waals surface area (Å²) in [4.78, 5) is 21.6. The number of carbonyl (C=O) groups is 2. The van der Waals surface area contributed by atoms with Gasteiger partial charge in [-0.15, -0.1) is 0 Å². The van der Waals surface area contributed by atoms with Gasteiger partial charge in [-0.05, 0) is 33.1 Å². The second kappa shape index (κ2) is 6.35. The van der Waals surface area contributed by atoms with Crippen LogP contribution in [0.2, 0.25) is 0 Å². The maximum Gasteiger partial charge on any atom is 0.407 e. The van der Waals surface area contributed by atoms with Gasteiger partial charge < -0.3 is 15.2 Å². The number of hydrogen-bond donors (Lipinski definition) is 2. The van der Waals surface area contributed by atoms with E-state index < -0.39 is 17.7 Å². The van der Waals surface area contributed by atoms with Crippen molar-refractivity contribution in [2.24, 2.45) is 5.92 Å². The van der Waals surface area contributed by atoms with Crippen molar-refractivity contribution in [1.29, 1.82) is 0 Å². The third-order valence-corrected chi connectivity index (χ3v) is 1.84. The Labute approximate surface area is 96.2 Å². The van der Waals surface area contributed by atoms with Crippen LogP contribution in [0.3, 0.4) is 0 Å². The molecule has 0 heterocycles. The van der Waals surface area contributed by atoms with E-state index in [0.29, 0.717) is 13.0 Å². The minimum atomic E-state index is -0.816. The number of alkyl carbamates (subject to hydrolysis) is 1. The lowest BCUT2D eigenvalue weighted by molar-refractivity contribution is -0.137. The third kappa shape index (κ3) is 9.30. The standard InChI is InChI=1S/C11H21NO4/c1-8(5-6-9(13)14)7-12-10(15)16-11(2,3)4/h8H,5-7H2,1-4H3,(H,12,15)(H,13,14)/t8-/m1/s1. The van der Waals surface area contributed by atoms with Gasteiger partial charge in [0.05, 0.1) is 0 Å². The van der Waals surface area contributed by atoms with Crippen molar-refractivity contribution in [3.63, 3.8) is 0 Å². The molecule has 0 unspecified atom stereocenters. The summed E-state index contributed by atoms with van der Waals surface area (Å²) in [6, 6.07) is 0. The highest BCUT2D eigenvalue weighted by Gasteiger charge is 2.16. The molecule has 1 amide bonds. The predicted molar refractivity (Wildman–Crippen MR) is 60.3 cm³/mol. The van der Waals surface area contributed by atoms with Crippen LogP contribution in [0, 0.1) is 5.92 Å². The Morgan fingerprint density at radius 1 is 1.38 bits per heavy atom. The van der Waals surface area contributed by atoms with E-state index in [4.69, 9.17) is 9.84 Å². The molecule has 0 spiro atoms.